The molecule has 1 fully saturated rings. The molecule has 21 heavy (non-hydrogen) atoms. The summed E-state index contributed by atoms with van der Waals surface area (Å²) in [5, 5.41) is 3.74. The molecule has 120 valence electrons. The molecular formula is C11H17F4N5O. The first-order valence-electron chi connectivity index (χ1n) is 6.53. The summed E-state index contributed by atoms with van der Waals surface area (Å²) in [5.41, 5.74) is 5.35. The zero-order valence-corrected chi connectivity index (χ0v) is 11.3. The Labute approximate surface area is 118 Å². The number of hydrogen-bond donors (Lipinski definition) is 1. The Morgan fingerprint density at radius 3 is 2.33 bits per heavy atom. The zero-order valence-electron chi connectivity index (χ0n) is 11.3. The molecule has 2 heterocycles. The number of nitrogens with zero attached hydrogens (tertiary/aromatic N) is 4. The molecule has 1 saturated heterocycles. The van der Waals surface area contributed by atoms with Crippen molar-refractivity contribution in [1.82, 2.24) is 19.9 Å². The van der Waals surface area contributed by atoms with Crippen LogP contribution in [0.3, 0.4) is 0 Å². The average Bonchev–Trinajstić information content (AvgIpc) is 2.88. The van der Waals surface area contributed by atoms with Crippen molar-refractivity contribution in [2.75, 3.05) is 32.7 Å². The first-order valence-corrected chi connectivity index (χ1v) is 6.53. The Morgan fingerprint density at radius 1 is 1.19 bits per heavy atom. The molecule has 0 aliphatic carbocycles. The second kappa shape index (κ2) is 6.67. The SMILES string of the molecule is NCc1nc(CN2CCN(CC(F)(F)C(F)F)CC2)no1. The minimum Gasteiger partial charge on any atom is -0.338 e. The van der Waals surface area contributed by atoms with Gasteiger partial charge in [-0.15, -0.1) is 0 Å². The highest BCUT2D eigenvalue weighted by atomic mass is 19.3. The summed E-state index contributed by atoms with van der Waals surface area (Å²) in [6.45, 7) is 1.20. The minimum absolute atomic E-state index is 0.156. The molecule has 0 spiro atoms. The van der Waals surface area contributed by atoms with Crippen molar-refractivity contribution < 1.29 is 22.1 Å². The predicted octanol–water partition coefficient (Wildman–Crippen LogP) is 0.546. The van der Waals surface area contributed by atoms with Crippen LogP contribution in [-0.2, 0) is 13.1 Å². The van der Waals surface area contributed by atoms with Crippen molar-refractivity contribution >= 4 is 0 Å². The third-order valence-electron chi connectivity index (χ3n) is 3.27. The van der Waals surface area contributed by atoms with Gasteiger partial charge in [-0.25, -0.2) is 8.78 Å². The van der Waals surface area contributed by atoms with Crippen LogP contribution in [-0.4, -0.2) is 65.0 Å². The summed E-state index contributed by atoms with van der Waals surface area (Å²) >= 11 is 0. The van der Waals surface area contributed by atoms with E-state index in [1.54, 1.807) is 0 Å². The number of nitrogens with two attached hydrogens (primary N) is 1. The quantitative estimate of drug-likeness (QED) is 0.774. The Balaban J connectivity index is 1.78. The largest absolute Gasteiger partial charge is 0.338 e. The van der Waals surface area contributed by atoms with E-state index < -0.39 is 18.9 Å². The van der Waals surface area contributed by atoms with Gasteiger partial charge in [0.25, 0.3) is 0 Å². The summed E-state index contributed by atoms with van der Waals surface area (Å²) in [6, 6.07) is 0. The summed E-state index contributed by atoms with van der Waals surface area (Å²) in [7, 11) is 0. The van der Waals surface area contributed by atoms with Gasteiger partial charge in [0.15, 0.2) is 5.82 Å². The topological polar surface area (TPSA) is 71.4 Å². The number of hydrogen-bond acceptors (Lipinski definition) is 6. The Hall–Kier alpha value is -1.26. The van der Waals surface area contributed by atoms with Crippen LogP contribution >= 0.6 is 0 Å². The molecule has 1 aromatic rings. The van der Waals surface area contributed by atoms with Gasteiger partial charge in [-0.05, 0) is 0 Å². The van der Waals surface area contributed by atoms with E-state index in [4.69, 9.17) is 10.3 Å². The van der Waals surface area contributed by atoms with Gasteiger partial charge in [0.05, 0.1) is 19.6 Å². The van der Waals surface area contributed by atoms with Gasteiger partial charge in [0, 0.05) is 26.2 Å². The normalized spacial score (nSPS) is 18.6. The fourth-order valence-corrected chi connectivity index (χ4v) is 2.11. The van der Waals surface area contributed by atoms with E-state index in [0.29, 0.717) is 44.4 Å². The summed E-state index contributed by atoms with van der Waals surface area (Å²) in [4.78, 5) is 7.33. The van der Waals surface area contributed by atoms with Gasteiger partial charge < -0.3 is 10.3 Å². The van der Waals surface area contributed by atoms with E-state index in [1.807, 2.05) is 4.90 Å². The number of alkyl halides is 4. The minimum atomic E-state index is -3.97. The van der Waals surface area contributed by atoms with Crippen LogP contribution < -0.4 is 5.73 Å². The van der Waals surface area contributed by atoms with Gasteiger partial charge in [-0.3, -0.25) is 9.80 Å². The highest BCUT2D eigenvalue weighted by Crippen LogP contribution is 2.24. The number of halogens is 4. The summed E-state index contributed by atoms with van der Waals surface area (Å²) < 4.78 is 55.1. The highest BCUT2D eigenvalue weighted by molar-refractivity contribution is 4.87. The average molecular weight is 311 g/mol. The van der Waals surface area contributed by atoms with Crippen LogP contribution in [0.15, 0.2) is 4.52 Å². The first kappa shape index (κ1) is 16.1. The van der Waals surface area contributed by atoms with Crippen molar-refractivity contribution in [3.8, 4) is 0 Å². The maximum atomic E-state index is 13.0. The molecule has 0 radical (unpaired) electrons. The van der Waals surface area contributed by atoms with E-state index in [0.717, 1.165) is 0 Å². The second-order valence-electron chi connectivity index (χ2n) is 4.92. The van der Waals surface area contributed by atoms with Crippen LogP contribution in [0.1, 0.15) is 11.7 Å². The summed E-state index contributed by atoms with van der Waals surface area (Å²) in [5.74, 6) is -3.16. The molecule has 2 rings (SSSR count). The van der Waals surface area contributed by atoms with Crippen molar-refractivity contribution in [1.29, 1.82) is 0 Å². The van der Waals surface area contributed by atoms with Crippen molar-refractivity contribution in [3.05, 3.63) is 11.7 Å². The summed E-state index contributed by atoms with van der Waals surface area (Å²) in [6.07, 6.45) is -3.63. The molecule has 6 nitrogen and oxygen atoms in total. The maximum absolute atomic E-state index is 13.0. The van der Waals surface area contributed by atoms with Gasteiger partial charge in [-0.2, -0.15) is 13.8 Å². The van der Waals surface area contributed by atoms with Crippen LogP contribution in [0.5, 0.6) is 0 Å². The first-order chi connectivity index (χ1) is 9.90. The van der Waals surface area contributed by atoms with Gasteiger partial charge in [0.1, 0.15) is 0 Å². The molecule has 0 atom stereocenters. The molecule has 1 aliphatic rings. The Kier molecular flexibility index (Phi) is 5.12. The van der Waals surface area contributed by atoms with E-state index in [1.165, 1.54) is 4.90 Å². The fraction of sp³-hybridized carbons (Fsp3) is 0.818. The van der Waals surface area contributed by atoms with Crippen molar-refractivity contribution in [2.45, 2.75) is 25.4 Å². The molecule has 0 saturated carbocycles. The van der Waals surface area contributed by atoms with Crippen LogP contribution in [0.4, 0.5) is 17.6 Å². The third-order valence-corrected chi connectivity index (χ3v) is 3.27. The second-order valence-corrected chi connectivity index (χ2v) is 4.92. The number of rotatable bonds is 6. The molecule has 0 amide bonds. The van der Waals surface area contributed by atoms with E-state index in [9.17, 15) is 17.6 Å². The molecule has 0 unspecified atom stereocenters. The lowest BCUT2D eigenvalue weighted by Gasteiger charge is -2.35. The molecule has 2 N–H and O–H groups in total. The van der Waals surface area contributed by atoms with Gasteiger partial charge in [-0.1, -0.05) is 5.16 Å². The fourth-order valence-electron chi connectivity index (χ4n) is 2.11. The molecule has 1 aromatic heterocycles. The predicted molar refractivity (Wildman–Crippen MR) is 64.9 cm³/mol. The number of aromatic nitrogens is 2. The Bertz CT molecular complexity index is 448. The molecule has 10 heteroatoms. The molecular weight excluding hydrogens is 294 g/mol. The standard InChI is InChI=1S/C11H17F4N5O/c12-10(13)11(14,15)7-20-3-1-19(2-4-20)6-8-17-9(5-16)21-18-8/h10H,1-7,16H2. The lowest BCUT2D eigenvalue weighted by Crippen LogP contribution is -2.51. The Morgan fingerprint density at radius 2 is 1.81 bits per heavy atom. The van der Waals surface area contributed by atoms with Gasteiger partial charge in [0.2, 0.25) is 5.89 Å². The van der Waals surface area contributed by atoms with Crippen LogP contribution in [0, 0.1) is 0 Å². The van der Waals surface area contributed by atoms with Crippen molar-refractivity contribution in [3.63, 3.8) is 0 Å². The third kappa shape index (κ3) is 4.35. The highest BCUT2D eigenvalue weighted by Gasteiger charge is 2.42. The van der Waals surface area contributed by atoms with Gasteiger partial charge >= 0.3 is 12.3 Å². The van der Waals surface area contributed by atoms with Crippen LogP contribution in [0.25, 0.3) is 0 Å². The maximum Gasteiger partial charge on any atom is 0.319 e. The number of piperazine rings is 1. The lowest BCUT2D eigenvalue weighted by atomic mass is 10.2. The van der Waals surface area contributed by atoms with Crippen LogP contribution in [0.2, 0.25) is 0 Å². The zero-order chi connectivity index (χ0) is 15.5. The molecule has 0 aromatic carbocycles. The lowest BCUT2D eigenvalue weighted by molar-refractivity contribution is -0.145. The smallest absolute Gasteiger partial charge is 0.319 e. The monoisotopic (exact) mass is 311 g/mol. The van der Waals surface area contributed by atoms with E-state index in [2.05, 4.69) is 10.1 Å². The molecule has 1 aliphatic heterocycles. The molecule has 0 bridgehead atoms. The van der Waals surface area contributed by atoms with E-state index >= 15 is 0 Å². The van der Waals surface area contributed by atoms with E-state index in [-0.39, 0.29) is 6.54 Å². The van der Waals surface area contributed by atoms with Crippen molar-refractivity contribution in [2.24, 2.45) is 5.73 Å².